The van der Waals surface area contributed by atoms with E-state index in [-0.39, 0.29) is 5.56 Å². The van der Waals surface area contributed by atoms with Crippen LogP contribution in [0.2, 0.25) is 0 Å². The molecule has 0 aliphatic rings. The number of rotatable bonds is 2. The first-order valence-electron chi connectivity index (χ1n) is 6.40. The van der Waals surface area contributed by atoms with E-state index >= 15 is 0 Å². The fourth-order valence-electron chi connectivity index (χ4n) is 2.40. The van der Waals surface area contributed by atoms with Gasteiger partial charge in [0.15, 0.2) is 0 Å². The zero-order valence-electron chi connectivity index (χ0n) is 11.2. The maximum absolute atomic E-state index is 13.0. The molecule has 0 unspecified atom stereocenters. The summed E-state index contributed by atoms with van der Waals surface area (Å²) in [4.78, 5) is 0. The predicted molar refractivity (Wildman–Crippen MR) is 76.1 cm³/mol. The maximum Gasteiger partial charge on any atom is 0.264 e. The number of halogens is 2. The van der Waals surface area contributed by atoms with Crippen molar-refractivity contribution in [3.8, 4) is 17.2 Å². The van der Waals surface area contributed by atoms with Crippen molar-refractivity contribution in [3.63, 3.8) is 0 Å². The monoisotopic (exact) mass is 283 g/mol. The average molecular weight is 283 g/mol. The van der Waals surface area contributed by atoms with E-state index in [0.717, 1.165) is 5.39 Å². The van der Waals surface area contributed by atoms with Crippen LogP contribution < -0.4 is 0 Å². The van der Waals surface area contributed by atoms with Crippen molar-refractivity contribution >= 4 is 11.0 Å². The molecule has 0 bridgehead atoms. The highest BCUT2D eigenvalue weighted by Crippen LogP contribution is 2.34. The molecule has 2 nitrogen and oxygen atoms in total. The van der Waals surface area contributed by atoms with Gasteiger partial charge in [-0.1, -0.05) is 12.1 Å². The lowest BCUT2D eigenvalue weighted by molar-refractivity contribution is 0.150. The van der Waals surface area contributed by atoms with E-state index in [2.05, 4.69) is 6.07 Å². The van der Waals surface area contributed by atoms with Gasteiger partial charge in [0.1, 0.15) is 5.58 Å². The number of alkyl halides is 2. The Hall–Kier alpha value is -2.67. The molecule has 1 heterocycles. The van der Waals surface area contributed by atoms with Gasteiger partial charge in [-0.25, -0.2) is 8.78 Å². The molecule has 0 aliphatic heterocycles. The number of hydrogen-bond donors (Lipinski definition) is 0. The summed E-state index contributed by atoms with van der Waals surface area (Å²) >= 11 is 0. The Kier molecular flexibility index (Phi) is 3.19. The van der Waals surface area contributed by atoms with Crippen molar-refractivity contribution in [1.29, 1.82) is 5.26 Å². The Labute approximate surface area is 120 Å². The zero-order chi connectivity index (χ0) is 15.0. The summed E-state index contributed by atoms with van der Waals surface area (Å²) in [6.45, 7) is 1.65. The molecule has 0 saturated heterocycles. The lowest BCUT2D eigenvalue weighted by Crippen LogP contribution is -1.91. The first kappa shape index (κ1) is 13.3. The van der Waals surface area contributed by atoms with E-state index in [4.69, 9.17) is 9.68 Å². The van der Waals surface area contributed by atoms with Gasteiger partial charge in [-0.2, -0.15) is 5.26 Å². The van der Waals surface area contributed by atoms with Crippen LogP contribution in [0, 0.1) is 18.3 Å². The van der Waals surface area contributed by atoms with Gasteiger partial charge >= 0.3 is 0 Å². The predicted octanol–water partition coefficient (Wildman–Crippen LogP) is 5.22. The summed E-state index contributed by atoms with van der Waals surface area (Å²) in [6.07, 6.45) is -1.01. The number of hydrogen-bond acceptors (Lipinski definition) is 2. The number of aryl methyl sites for hydroxylation is 1. The smallest absolute Gasteiger partial charge is 0.264 e. The number of nitrogens with zero attached hydrogens (tertiary/aromatic N) is 1. The molecule has 0 radical (unpaired) electrons. The van der Waals surface area contributed by atoms with Crippen LogP contribution >= 0.6 is 0 Å². The van der Waals surface area contributed by atoms with Crippen LogP contribution in [0.1, 0.15) is 23.1 Å². The van der Waals surface area contributed by atoms with Crippen LogP contribution in [0.4, 0.5) is 8.78 Å². The minimum atomic E-state index is -2.53. The molecule has 0 atom stereocenters. The average Bonchev–Trinajstić information content (AvgIpc) is 2.94. The van der Waals surface area contributed by atoms with Crippen LogP contribution in [-0.4, -0.2) is 0 Å². The van der Waals surface area contributed by atoms with E-state index in [1.54, 1.807) is 37.3 Å². The minimum absolute atomic E-state index is 0.00503. The molecule has 0 aliphatic carbocycles. The third kappa shape index (κ3) is 2.27. The highest BCUT2D eigenvalue weighted by molar-refractivity contribution is 5.93. The molecule has 0 saturated carbocycles. The topological polar surface area (TPSA) is 36.9 Å². The Morgan fingerprint density at radius 1 is 1.14 bits per heavy atom. The SMILES string of the molecule is Cc1ccc(-c2cc(C#N)cc3ccoc23)cc1C(F)F. The van der Waals surface area contributed by atoms with Crippen LogP contribution in [-0.2, 0) is 0 Å². The van der Waals surface area contributed by atoms with Gasteiger partial charge in [0.2, 0.25) is 0 Å². The van der Waals surface area contributed by atoms with Crippen molar-refractivity contribution in [2.75, 3.05) is 0 Å². The molecule has 3 aromatic rings. The Balaban J connectivity index is 2.27. The number of nitriles is 1. The Bertz CT molecular complexity index is 859. The van der Waals surface area contributed by atoms with E-state index in [9.17, 15) is 8.78 Å². The molecule has 0 amide bonds. The molecule has 4 heteroatoms. The van der Waals surface area contributed by atoms with Crippen molar-refractivity contribution in [1.82, 2.24) is 0 Å². The molecule has 0 spiro atoms. The van der Waals surface area contributed by atoms with E-state index < -0.39 is 6.43 Å². The lowest BCUT2D eigenvalue weighted by Gasteiger charge is -2.09. The number of benzene rings is 2. The fraction of sp³-hybridized carbons (Fsp3) is 0.118. The molecular formula is C17H11F2NO. The molecular weight excluding hydrogens is 272 g/mol. The Morgan fingerprint density at radius 3 is 2.67 bits per heavy atom. The second kappa shape index (κ2) is 5.02. The van der Waals surface area contributed by atoms with Gasteiger partial charge in [0.25, 0.3) is 6.43 Å². The highest BCUT2D eigenvalue weighted by atomic mass is 19.3. The fourth-order valence-corrected chi connectivity index (χ4v) is 2.40. The van der Waals surface area contributed by atoms with E-state index in [1.165, 1.54) is 12.3 Å². The first-order chi connectivity index (χ1) is 10.1. The van der Waals surface area contributed by atoms with Gasteiger partial charge in [-0.15, -0.1) is 0 Å². The van der Waals surface area contributed by atoms with Gasteiger partial charge in [0.05, 0.1) is 17.9 Å². The van der Waals surface area contributed by atoms with Crippen LogP contribution in [0.5, 0.6) is 0 Å². The standard InChI is InChI=1S/C17H11F2NO/c1-10-2-3-12(8-14(10)17(18)19)15-7-11(9-20)6-13-4-5-21-16(13)15/h2-8,17H,1H3. The zero-order valence-corrected chi connectivity index (χ0v) is 11.2. The van der Waals surface area contributed by atoms with E-state index in [0.29, 0.717) is 27.8 Å². The van der Waals surface area contributed by atoms with Crippen molar-refractivity contribution in [2.24, 2.45) is 0 Å². The summed E-state index contributed by atoms with van der Waals surface area (Å²) in [5.41, 5.74) is 2.87. The van der Waals surface area contributed by atoms with Crippen molar-refractivity contribution in [3.05, 3.63) is 59.4 Å². The second-order valence-corrected chi connectivity index (χ2v) is 4.85. The second-order valence-electron chi connectivity index (χ2n) is 4.85. The lowest BCUT2D eigenvalue weighted by atomic mass is 9.97. The maximum atomic E-state index is 13.0. The Morgan fingerprint density at radius 2 is 1.95 bits per heavy atom. The summed E-state index contributed by atoms with van der Waals surface area (Å²) in [5, 5.41) is 9.87. The van der Waals surface area contributed by atoms with Crippen LogP contribution in [0.15, 0.2) is 47.1 Å². The summed E-state index contributed by atoms with van der Waals surface area (Å²) < 4.78 is 31.5. The summed E-state index contributed by atoms with van der Waals surface area (Å²) in [5.74, 6) is 0. The molecule has 3 rings (SSSR count). The van der Waals surface area contributed by atoms with Gasteiger partial charge < -0.3 is 4.42 Å². The molecule has 104 valence electrons. The van der Waals surface area contributed by atoms with Gasteiger partial charge in [-0.3, -0.25) is 0 Å². The van der Waals surface area contributed by atoms with E-state index in [1.807, 2.05) is 0 Å². The number of furan rings is 1. The molecule has 1 aromatic heterocycles. The van der Waals surface area contributed by atoms with Crippen LogP contribution in [0.25, 0.3) is 22.1 Å². The molecule has 0 fully saturated rings. The largest absolute Gasteiger partial charge is 0.464 e. The molecule has 21 heavy (non-hydrogen) atoms. The minimum Gasteiger partial charge on any atom is -0.464 e. The first-order valence-corrected chi connectivity index (χ1v) is 6.40. The van der Waals surface area contributed by atoms with Gasteiger partial charge in [-0.05, 0) is 42.3 Å². The molecule has 2 aromatic carbocycles. The highest BCUT2D eigenvalue weighted by Gasteiger charge is 2.14. The van der Waals surface area contributed by atoms with Crippen molar-refractivity contribution in [2.45, 2.75) is 13.3 Å². The van der Waals surface area contributed by atoms with Crippen LogP contribution in [0.3, 0.4) is 0 Å². The summed E-state index contributed by atoms with van der Waals surface area (Å²) in [7, 11) is 0. The quantitative estimate of drug-likeness (QED) is 0.646. The van der Waals surface area contributed by atoms with Gasteiger partial charge in [0, 0.05) is 16.5 Å². The van der Waals surface area contributed by atoms with Crippen molar-refractivity contribution < 1.29 is 13.2 Å². The normalized spacial score (nSPS) is 11.0. The third-order valence-corrected chi connectivity index (χ3v) is 3.51. The number of fused-ring (bicyclic) bond motifs is 1. The third-order valence-electron chi connectivity index (χ3n) is 3.51. The molecule has 0 N–H and O–H groups in total. The summed E-state index contributed by atoms with van der Waals surface area (Å²) in [6, 6.07) is 12.1.